The molecule has 0 unspecified atom stereocenters. The minimum Gasteiger partial charge on any atom is -0.459 e. The number of rotatable bonds is 6. The van der Waals surface area contributed by atoms with Crippen LogP contribution in [-0.2, 0) is 4.79 Å². The average Bonchev–Trinajstić information content (AvgIpc) is 3.47. The van der Waals surface area contributed by atoms with Crippen LogP contribution in [0.15, 0.2) is 71.3 Å². The van der Waals surface area contributed by atoms with Crippen molar-refractivity contribution < 1.29 is 18.4 Å². The summed E-state index contributed by atoms with van der Waals surface area (Å²) in [6, 6.07) is 15.3. The summed E-state index contributed by atoms with van der Waals surface area (Å²) >= 11 is 0. The number of hydrogen-bond acceptors (Lipinski definition) is 3. The average molecular weight is 420 g/mol. The lowest BCUT2D eigenvalue weighted by atomic mass is 10.00. The van der Waals surface area contributed by atoms with Crippen molar-refractivity contribution in [3.05, 3.63) is 89.6 Å². The third-order valence-corrected chi connectivity index (χ3v) is 5.73. The number of hydrogen-bond donors (Lipinski definition) is 1. The highest BCUT2D eigenvalue weighted by atomic mass is 19.1. The molecule has 0 aliphatic heterocycles. The van der Waals surface area contributed by atoms with Crippen LogP contribution in [0.4, 0.5) is 10.1 Å². The van der Waals surface area contributed by atoms with Gasteiger partial charge in [0.05, 0.1) is 6.26 Å². The molecule has 1 aliphatic rings. The highest BCUT2D eigenvalue weighted by Crippen LogP contribution is 2.33. The van der Waals surface area contributed by atoms with Crippen LogP contribution in [0.5, 0.6) is 0 Å². The Kier molecular flexibility index (Phi) is 6.16. The Hall–Kier alpha value is -3.41. The first kappa shape index (κ1) is 20.8. The van der Waals surface area contributed by atoms with Crippen molar-refractivity contribution in [2.24, 2.45) is 0 Å². The summed E-state index contributed by atoms with van der Waals surface area (Å²) in [4.78, 5) is 28.4. The van der Waals surface area contributed by atoms with Gasteiger partial charge in [-0.05, 0) is 49.6 Å². The molecule has 6 heteroatoms. The zero-order valence-electron chi connectivity index (χ0n) is 17.4. The molecule has 1 heterocycles. The second-order valence-corrected chi connectivity index (χ2v) is 7.85. The maximum atomic E-state index is 15.0. The minimum atomic E-state index is -1.18. The molecule has 0 bridgehead atoms. The number of carbonyl (C=O) groups is 2. The number of benzene rings is 2. The zero-order chi connectivity index (χ0) is 21.8. The first-order valence-electron chi connectivity index (χ1n) is 10.5. The Balaban J connectivity index is 1.84. The minimum absolute atomic E-state index is 0.0270. The number of amides is 2. The highest BCUT2D eigenvalue weighted by molar-refractivity contribution is 6.09. The van der Waals surface area contributed by atoms with Crippen LogP contribution in [0.2, 0.25) is 0 Å². The quantitative estimate of drug-likeness (QED) is 0.598. The molecule has 2 amide bonds. The van der Waals surface area contributed by atoms with Gasteiger partial charge in [0.2, 0.25) is 5.91 Å². The Morgan fingerprint density at radius 1 is 1.03 bits per heavy atom. The Labute approximate surface area is 180 Å². The first-order valence-corrected chi connectivity index (χ1v) is 10.5. The van der Waals surface area contributed by atoms with Crippen LogP contribution in [-0.4, -0.2) is 17.9 Å². The number of furan rings is 1. The van der Waals surface area contributed by atoms with E-state index in [1.807, 2.05) is 19.1 Å². The number of aryl methyl sites for hydroxylation is 1. The smallest absolute Gasteiger partial charge is 0.294 e. The van der Waals surface area contributed by atoms with E-state index in [1.54, 1.807) is 42.5 Å². The van der Waals surface area contributed by atoms with Gasteiger partial charge < -0.3 is 9.73 Å². The zero-order valence-corrected chi connectivity index (χ0v) is 17.4. The number of carbonyl (C=O) groups excluding carboxylic acids is 2. The van der Waals surface area contributed by atoms with Gasteiger partial charge in [-0.2, -0.15) is 0 Å². The summed E-state index contributed by atoms with van der Waals surface area (Å²) in [6.07, 6.45) is 5.25. The van der Waals surface area contributed by atoms with E-state index in [-0.39, 0.29) is 17.4 Å². The van der Waals surface area contributed by atoms with Gasteiger partial charge >= 0.3 is 0 Å². The predicted octanol–water partition coefficient (Wildman–Crippen LogP) is 5.17. The number of nitrogens with one attached hydrogen (secondary N) is 1. The van der Waals surface area contributed by atoms with E-state index >= 15 is 0 Å². The van der Waals surface area contributed by atoms with Crippen molar-refractivity contribution in [3.63, 3.8) is 0 Å². The summed E-state index contributed by atoms with van der Waals surface area (Å²) < 4.78 is 20.3. The molecule has 1 aliphatic carbocycles. The SMILES string of the molecule is Cc1ccccc1N(C(=O)c1ccco1)[C@@H](C(=O)NC1CCCC1)c1ccccc1F. The molecule has 31 heavy (non-hydrogen) atoms. The standard InChI is InChI=1S/C25H25FN2O3/c1-17-9-2-7-14-21(17)28(25(30)22-15-8-16-31-22)23(19-12-5-6-13-20(19)26)24(29)27-18-10-3-4-11-18/h2,5-9,12-16,18,23H,3-4,10-11H2,1H3,(H,27,29)/t23-/m1/s1. The van der Waals surface area contributed by atoms with E-state index in [0.717, 1.165) is 31.2 Å². The molecule has 1 fully saturated rings. The van der Waals surface area contributed by atoms with Crippen LogP contribution in [0.3, 0.4) is 0 Å². The summed E-state index contributed by atoms with van der Waals surface area (Å²) in [5, 5.41) is 3.04. The third-order valence-electron chi connectivity index (χ3n) is 5.73. The molecule has 5 nitrogen and oxygen atoms in total. The normalized spacial score (nSPS) is 14.9. The number of para-hydroxylation sites is 1. The van der Waals surface area contributed by atoms with Crippen LogP contribution in [0.25, 0.3) is 0 Å². The summed E-state index contributed by atoms with van der Waals surface area (Å²) in [5.74, 6) is -1.37. The molecule has 160 valence electrons. The van der Waals surface area contributed by atoms with Gasteiger partial charge in [0, 0.05) is 17.3 Å². The first-order chi connectivity index (χ1) is 15.1. The van der Waals surface area contributed by atoms with Gasteiger partial charge in [-0.15, -0.1) is 0 Å². The van der Waals surface area contributed by atoms with Gasteiger partial charge in [-0.1, -0.05) is 49.2 Å². The van der Waals surface area contributed by atoms with E-state index in [0.29, 0.717) is 5.69 Å². The van der Waals surface area contributed by atoms with Gasteiger partial charge in [0.15, 0.2) is 5.76 Å². The number of anilines is 1. The van der Waals surface area contributed by atoms with E-state index in [2.05, 4.69) is 5.32 Å². The lowest BCUT2D eigenvalue weighted by Crippen LogP contribution is -2.47. The molecule has 0 radical (unpaired) electrons. The molecule has 1 atom stereocenters. The maximum absolute atomic E-state index is 15.0. The van der Waals surface area contributed by atoms with Crippen molar-refractivity contribution in [1.82, 2.24) is 5.32 Å². The molecular weight excluding hydrogens is 395 g/mol. The fraction of sp³-hybridized carbons (Fsp3) is 0.280. The second-order valence-electron chi connectivity index (χ2n) is 7.85. The third kappa shape index (κ3) is 4.38. The van der Waals surface area contributed by atoms with Crippen LogP contribution < -0.4 is 10.2 Å². The van der Waals surface area contributed by atoms with Crippen LogP contribution >= 0.6 is 0 Å². The Bertz CT molecular complexity index is 1060. The monoisotopic (exact) mass is 420 g/mol. The van der Waals surface area contributed by atoms with E-state index < -0.39 is 23.7 Å². The van der Waals surface area contributed by atoms with Crippen molar-refractivity contribution in [2.45, 2.75) is 44.7 Å². The largest absolute Gasteiger partial charge is 0.459 e. The second kappa shape index (κ2) is 9.16. The van der Waals surface area contributed by atoms with Gasteiger partial charge in [0.25, 0.3) is 5.91 Å². The topological polar surface area (TPSA) is 62.6 Å². The molecule has 1 N–H and O–H groups in total. The molecule has 2 aromatic carbocycles. The molecule has 4 rings (SSSR count). The van der Waals surface area contributed by atoms with Gasteiger partial charge in [-0.25, -0.2) is 4.39 Å². The molecule has 0 spiro atoms. The Morgan fingerprint density at radius 2 is 1.74 bits per heavy atom. The summed E-state index contributed by atoms with van der Waals surface area (Å²) in [7, 11) is 0. The predicted molar refractivity (Wildman–Crippen MR) is 116 cm³/mol. The van der Waals surface area contributed by atoms with Gasteiger partial charge in [0.1, 0.15) is 11.9 Å². The summed E-state index contributed by atoms with van der Waals surface area (Å²) in [5.41, 5.74) is 1.46. The van der Waals surface area contributed by atoms with E-state index in [1.165, 1.54) is 17.2 Å². The number of nitrogens with zero attached hydrogens (tertiary/aromatic N) is 1. The van der Waals surface area contributed by atoms with Crippen LogP contribution in [0, 0.1) is 12.7 Å². The molecule has 3 aromatic rings. The lowest BCUT2D eigenvalue weighted by molar-refractivity contribution is -0.123. The molecule has 1 saturated carbocycles. The fourth-order valence-corrected chi connectivity index (χ4v) is 4.16. The molecule has 0 saturated heterocycles. The van der Waals surface area contributed by atoms with Crippen molar-refractivity contribution >= 4 is 17.5 Å². The van der Waals surface area contributed by atoms with Gasteiger partial charge in [-0.3, -0.25) is 14.5 Å². The highest BCUT2D eigenvalue weighted by Gasteiger charge is 2.37. The summed E-state index contributed by atoms with van der Waals surface area (Å²) in [6.45, 7) is 1.85. The van der Waals surface area contributed by atoms with E-state index in [9.17, 15) is 14.0 Å². The molecule has 1 aromatic heterocycles. The fourth-order valence-electron chi connectivity index (χ4n) is 4.16. The van der Waals surface area contributed by atoms with Crippen molar-refractivity contribution in [3.8, 4) is 0 Å². The van der Waals surface area contributed by atoms with Crippen molar-refractivity contribution in [1.29, 1.82) is 0 Å². The number of halogens is 1. The van der Waals surface area contributed by atoms with Crippen LogP contribution in [0.1, 0.15) is 53.4 Å². The van der Waals surface area contributed by atoms with Crippen molar-refractivity contribution in [2.75, 3.05) is 4.90 Å². The maximum Gasteiger partial charge on any atom is 0.294 e. The van der Waals surface area contributed by atoms with E-state index in [4.69, 9.17) is 4.42 Å². The molecular formula is C25H25FN2O3. The lowest BCUT2D eigenvalue weighted by Gasteiger charge is -2.32. The Morgan fingerprint density at radius 3 is 2.42 bits per heavy atom.